The Bertz CT molecular complexity index is 1360. The molecule has 4 rings (SSSR count). The molecule has 1 amide bonds. The van der Waals surface area contributed by atoms with Gasteiger partial charge in [0.25, 0.3) is 5.91 Å². The van der Waals surface area contributed by atoms with Crippen molar-refractivity contribution < 1.29 is 13.2 Å². The van der Waals surface area contributed by atoms with Crippen molar-refractivity contribution in [1.82, 2.24) is 19.6 Å². The largest absolute Gasteiger partial charge is 0.296 e. The summed E-state index contributed by atoms with van der Waals surface area (Å²) < 4.78 is 25.7. The third-order valence-corrected chi connectivity index (χ3v) is 6.37. The van der Waals surface area contributed by atoms with Gasteiger partial charge in [0, 0.05) is 11.7 Å². The Balaban J connectivity index is 1.62. The summed E-state index contributed by atoms with van der Waals surface area (Å²) in [6.45, 7) is 6.18. The highest BCUT2D eigenvalue weighted by Gasteiger charge is 2.19. The van der Waals surface area contributed by atoms with Crippen LogP contribution < -0.4 is 5.32 Å². The van der Waals surface area contributed by atoms with Crippen molar-refractivity contribution in [3.05, 3.63) is 47.9 Å². The zero-order chi connectivity index (χ0) is 21.0. The van der Waals surface area contributed by atoms with Gasteiger partial charge in [0.05, 0.1) is 27.0 Å². The number of amides is 1. The van der Waals surface area contributed by atoms with E-state index in [-0.39, 0.29) is 16.0 Å². The van der Waals surface area contributed by atoms with Gasteiger partial charge >= 0.3 is 0 Å². The van der Waals surface area contributed by atoms with Gasteiger partial charge in [-0.2, -0.15) is 5.10 Å². The van der Waals surface area contributed by atoms with Crippen LogP contribution in [-0.2, 0) is 15.3 Å². The van der Waals surface area contributed by atoms with E-state index >= 15 is 0 Å². The summed E-state index contributed by atoms with van der Waals surface area (Å²) in [6.07, 6.45) is 2.97. The first kappa shape index (κ1) is 19.5. The Kier molecular flexibility index (Phi) is 4.43. The number of carbonyl (C=O) groups is 1. The second-order valence-electron chi connectivity index (χ2n) is 7.77. The standard InChI is InChI=1S/C19H19N5O3S2/c1-19(2,3)15-10-24-16(21-15)8-7-13(23-24)17(25)22-18-20-12-6-5-11(29(4,26)27)9-14(12)28-18/h5-10H,1-4H3,(H,20,22,25). The van der Waals surface area contributed by atoms with Crippen LogP contribution in [0.3, 0.4) is 0 Å². The molecule has 8 nitrogen and oxygen atoms in total. The minimum absolute atomic E-state index is 0.123. The highest BCUT2D eigenvalue weighted by atomic mass is 32.2. The highest BCUT2D eigenvalue weighted by molar-refractivity contribution is 7.90. The minimum Gasteiger partial charge on any atom is -0.296 e. The van der Waals surface area contributed by atoms with Gasteiger partial charge in [-0.05, 0) is 30.3 Å². The summed E-state index contributed by atoms with van der Waals surface area (Å²) in [4.78, 5) is 21.7. The van der Waals surface area contributed by atoms with E-state index < -0.39 is 15.7 Å². The van der Waals surface area contributed by atoms with Crippen molar-refractivity contribution in [1.29, 1.82) is 0 Å². The summed E-state index contributed by atoms with van der Waals surface area (Å²) >= 11 is 1.21. The van der Waals surface area contributed by atoms with Gasteiger partial charge in [-0.1, -0.05) is 32.1 Å². The molecule has 1 N–H and O–H groups in total. The topological polar surface area (TPSA) is 106 Å². The lowest BCUT2D eigenvalue weighted by Crippen LogP contribution is -2.15. The number of sulfone groups is 1. The minimum atomic E-state index is -3.31. The van der Waals surface area contributed by atoms with E-state index in [9.17, 15) is 13.2 Å². The molecule has 0 aliphatic heterocycles. The van der Waals surface area contributed by atoms with Crippen molar-refractivity contribution >= 4 is 48.1 Å². The van der Waals surface area contributed by atoms with Gasteiger partial charge in [0.1, 0.15) is 5.69 Å². The van der Waals surface area contributed by atoms with Gasteiger partial charge in [0.15, 0.2) is 20.6 Å². The molecule has 29 heavy (non-hydrogen) atoms. The van der Waals surface area contributed by atoms with Crippen LogP contribution in [0, 0.1) is 0 Å². The number of anilines is 1. The maximum Gasteiger partial charge on any atom is 0.277 e. The summed E-state index contributed by atoms with van der Waals surface area (Å²) in [5.41, 5.74) is 2.27. The van der Waals surface area contributed by atoms with E-state index in [0.29, 0.717) is 21.0 Å². The molecule has 0 saturated carbocycles. The van der Waals surface area contributed by atoms with E-state index in [0.717, 1.165) is 11.9 Å². The fourth-order valence-electron chi connectivity index (χ4n) is 2.71. The first-order valence-electron chi connectivity index (χ1n) is 8.80. The summed E-state index contributed by atoms with van der Waals surface area (Å²) in [6, 6.07) is 8.04. The molecular formula is C19H19N5O3S2. The molecule has 0 fully saturated rings. The van der Waals surface area contributed by atoms with Gasteiger partial charge in [-0.25, -0.2) is 22.9 Å². The van der Waals surface area contributed by atoms with Crippen molar-refractivity contribution in [2.45, 2.75) is 31.1 Å². The molecule has 0 spiro atoms. The van der Waals surface area contributed by atoms with Crippen molar-refractivity contribution in [2.24, 2.45) is 0 Å². The highest BCUT2D eigenvalue weighted by Crippen LogP contribution is 2.28. The Labute approximate surface area is 171 Å². The van der Waals surface area contributed by atoms with Crippen LogP contribution in [0.25, 0.3) is 15.9 Å². The molecule has 4 aromatic rings. The van der Waals surface area contributed by atoms with E-state index in [4.69, 9.17) is 0 Å². The Hall–Kier alpha value is -2.85. The predicted molar refractivity (Wildman–Crippen MR) is 112 cm³/mol. The van der Waals surface area contributed by atoms with Gasteiger partial charge in [0.2, 0.25) is 0 Å². The maximum absolute atomic E-state index is 12.6. The van der Waals surface area contributed by atoms with Crippen molar-refractivity contribution in [2.75, 3.05) is 11.6 Å². The van der Waals surface area contributed by atoms with Crippen LogP contribution >= 0.6 is 11.3 Å². The molecule has 0 radical (unpaired) electrons. The molecule has 10 heteroatoms. The SMILES string of the molecule is CC(C)(C)c1cn2nc(C(=O)Nc3nc4ccc(S(C)(=O)=O)cc4s3)ccc2n1. The van der Waals surface area contributed by atoms with E-state index in [2.05, 4.69) is 41.2 Å². The van der Waals surface area contributed by atoms with Gasteiger partial charge in [-0.15, -0.1) is 0 Å². The summed E-state index contributed by atoms with van der Waals surface area (Å²) in [5, 5.41) is 7.45. The first-order chi connectivity index (χ1) is 13.5. The Morgan fingerprint density at radius 1 is 1.14 bits per heavy atom. The quantitative estimate of drug-likeness (QED) is 0.536. The smallest absolute Gasteiger partial charge is 0.277 e. The number of thiazole rings is 1. The number of hydrogen-bond donors (Lipinski definition) is 1. The van der Waals surface area contributed by atoms with Gasteiger partial charge < -0.3 is 0 Å². The lowest BCUT2D eigenvalue weighted by atomic mass is 9.93. The second-order valence-corrected chi connectivity index (χ2v) is 10.8. The maximum atomic E-state index is 12.6. The van der Waals surface area contributed by atoms with Crippen LogP contribution in [0.4, 0.5) is 5.13 Å². The van der Waals surface area contributed by atoms with E-state index in [1.807, 2.05) is 6.20 Å². The predicted octanol–water partition coefficient (Wildman–Crippen LogP) is 3.29. The summed E-state index contributed by atoms with van der Waals surface area (Å²) in [7, 11) is -3.31. The van der Waals surface area contributed by atoms with Crippen LogP contribution in [0.2, 0.25) is 0 Å². The molecule has 0 bridgehead atoms. The monoisotopic (exact) mass is 429 g/mol. The fraction of sp³-hybridized carbons (Fsp3) is 0.263. The zero-order valence-corrected chi connectivity index (χ0v) is 17.9. The molecule has 3 aromatic heterocycles. The Morgan fingerprint density at radius 3 is 2.59 bits per heavy atom. The molecule has 0 aliphatic rings. The summed E-state index contributed by atoms with van der Waals surface area (Å²) in [5.74, 6) is -0.402. The normalized spacial score (nSPS) is 12.6. The molecule has 1 aromatic carbocycles. The van der Waals surface area contributed by atoms with Crippen LogP contribution in [0.1, 0.15) is 37.0 Å². The molecular weight excluding hydrogens is 410 g/mol. The number of rotatable bonds is 3. The number of hydrogen-bond acceptors (Lipinski definition) is 7. The van der Waals surface area contributed by atoms with Gasteiger partial charge in [-0.3, -0.25) is 10.1 Å². The number of carbonyl (C=O) groups excluding carboxylic acids is 1. The first-order valence-corrected chi connectivity index (χ1v) is 11.5. The number of nitrogens with one attached hydrogen (secondary N) is 1. The molecule has 150 valence electrons. The van der Waals surface area contributed by atoms with Crippen LogP contribution in [-0.4, -0.2) is 40.2 Å². The number of nitrogens with zero attached hydrogens (tertiary/aromatic N) is 4. The Morgan fingerprint density at radius 2 is 1.90 bits per heavy atom. The lowest BCUT2D eigenvalue weighted by molar-refractivity contribution is 0.102. The lowest BCUT2D eigenvalue weighted by Gasteiger charge is -2.13. The van der Waals surface area contributed by atoms with Crippen LogP contribution in [0.15, 0.2) is 41.4 Å². The van der Waals surface area contributed by atoms with Crippen molar-refractivity contribution in [3.8, 4) is 0 Å². The third-order valence-electron chi connectivity index (χ3n) is 4.33. The number of aromatic nitrogens is 4. The molecule has 3 heterocycles. The van der Waals surface area contributed by atoms with E-state index in [1.165, 1.54) is 17.4 Å². The second kappa shape index (κ2) is 6.60. The molecule has 0 atom stereocenters. The number of benzene rings is 1. The average Bonchev–Trinajstić information content (AvgIpc) is 3.22. The molecule has 0 saturated heterocycles. The average molecular weight is 430 g/mol. The van der Waals surface area contributed by atoms with Crippen molar-refractivity contribution in [3.63, 3.8) is 0 Å². The van der Waals surface area contributed by atoms with E-state index in [1.54, 1.807) is 28.8 Å². The molecule has 0 aliphatic carbocycles. The fourth-order valence-corrected chi connectivity index (χ4v) is 4.34. The van der Waals surface area contributed by atoms with Crippen LogP contribution in [0.5, 0.6) is 0 Å². The third kappa shape index (κ3) is 3.85. The zero-order valence-electron chi connectivity index (χ0n) is 16.3. The molecule has 0 unspecified atom stereocenters. The number of fused-ring (bicyclic) bond motifs is 2. The number of imidazole rings is 1.